The fourth-order valence-corrected chi connectivity index (χ4v) is 1.43. The lowest BCUT2D eigenvalue weighted by Gasteiger charge is -2.28. The molecule has 1 aromatic rings. The molecule has 0 bridgehead atoms. The Morgan fingerprint density at radius 3 is 2.75 bits per heavy atom. The topological polar surface area (TPSA) is 69.0 Å². The molecule has 0 radical (unpaired) electrons. The molecule has 1 fully saturated rings. The van der Waals surface area contributed by atoms with Gasteiger partial charge in [0.25, 0.3) is 0 Å². The minimum absolute atomic E-state index is 0.213. The normalized spacial score (nSPS) is 16.9. The fraction of sp³-hybridized carbons (Fsp3) is 0.700. The molecule has 1 aliphatic heterocycles. The molecule has 0 atom stereocenters. The molecule has 16 heavy (non-hydrogen) atoms. The Morgan fingerprint density at radius 2 is 2.25 bits per heavy atom. The van der Waals surface area contributed by atoms with E-state index in [0.717, 1.165) is 13.1 Å². The highest BCUT2D eigenvalue weighted by Gasteiger charge is 2.28. The van der Waals surface area contributed by atoms with Gasteiger partial charge in [-0.25, -0.2) is 14.5 Å². The van der Waals surface area contributed by atoms with Gasteiger partial charge in [-0.05, 0) is 20.8 Å². The van der Waals surface area contributed by atoms with Crippen LogP contribution >= 0.6 is 0 Å². The van der Waals surface area contributed by atoms with Crippen molar-refractivity contribution < 1.29 is 9.53 Å². The van der Waals surface area contributed by atoms with Crippen molar-refractivity contribution in [1.82, 2.24) is 20.1 Å². The largest absolute Gasteiger partial charge is 0.454 e. The molecule has 1 saturated heterocycles. The van der Waals surface area contributed by atoms with Crippen molar-refractivity contribution in [2.24, 2.45) is 0 Å². The number of ether oxygens (including phenoxy) is 1. The summed E-state index contributed by atoms with van der Waals surface area (Å²) in [6, 6.07) is 0.213. The molecule has 2 rings (SSSR count). The summed E-state index contributed by atoms with van der Waals surface area (Å²) in [6.07, 6.45) is 1.39. The summed E-state index contributed by atoms with van der Waals surface area (Å²) in [5.74, 6) is -0.140. The van der Waals surface area contributed by atoms with E-state index in [1.165, 1.54) is 6.33 Å². The van der Waals surface area contributed by atoms with Gasteiger partial charge in [0.1, 0.15) is 11.9 Å². The van der Waals surface area contributed by atoms with Crippen LogP contribution in [0.5, 0.6) is 0 Å². The lowest BCUT2D eigenvalue weighted by molar-refractivity contribution is 0.00443. The number of carbonyl (C=O) groups is 1. The van der Waals surface area contributed by atoms with Gasteiger partial charge in [0.15, 0.2) is 0 Å². The highest BCUT2D eigenvalue weighted by atomic mass is 16.6. The predicted molar refractivity (Wildman–Crippen MR) is 57.1 cm³/mol. The van der Waals surface area contributed by atoms with Crippen LogP contribution in [0.4, 0.5) is 0 Å². The number of nitrogens with zero attached hydrogens (tertiary/aromatic N) is 3. The van der Waals surface area contributed by atoms with E-state index in [9.17, 15) is 4.79 Å². The van der Waals surface area contributed by atoms with Gasteiger partial charge in [-0.1, -0.05) is 0 Å². The predicted octanol–water partition coefficient (Wildman–Crippen LogP) is 0.378. The van der Waals surface area contributed by atoms with Crippen LogP contribution in [0.25, 0.3) is 0 Å². The Bertz CT molecular complexity index is 390. The van der Waals surface area contributed by atoms with E-state index < -0.39 is 11.6 Å². The maximum atomic E-state index is 11.8. The molecule has 0 amide bonds. The van der Waals surface area contributed by atoms with E-state index in [-0.39, 0.29) is 11.9 Å². The summed E-state index contributed by atoms with van der Waals surface area (Å²) in [5.41, 5.74) is -0.508. The first-order chi connectivity index (χ1) is 7.47. The smallest absolute Gasteiger partial charge is 0.376 e. The number of carbonyl (C=O) groups excluding carboxylic acids is 1. The second-order valence-electron chi connectivity index (χ2n) is 4.84. The van der Waals surface area contributed by atoms with Crippen LogP contribution in [0.1, 0.15) is 37.4 Å². The van der Waals surface area contributed by atoms with Crippen LogP contribution in [-0.4, -0.2) is 39.4 Å². The zero-order valence-corrected chi connectivity index (χ0v) is 9.73. The van der Waals surface area contributed by atoms with E-state index in [2.05, 4.69) is 15.4 Å². The molecule has 0 aliphatic carbocycles. The second kappa shape index (κ2) is 3.86. The summed E-state index contributed by atoms with van der Waals surface area (Å²) in [4.78, 5) is 15.8. The van der Waals surface area contributed by atoms with Crippen molar-refractivity contribution in [2.45, 2.75) is 32.4 Å². The summed E-state index contributed by atoms with van der Waals surface area (Å²) in [6.45, 7) is 7.13. The zero-order chi connectivity index (χ0) is 11.8. The van der Waals surface area contributed by atoms with Crippen LogP contribution in [0.2, 0.25) is 0 Å². The van der Waals surface area contributed by atoms with E-state index in [1.807, 2.05) is 20.8 Å². The molecule has 0 spiro atoms. The van der Waals surface area contributed by atoms with E-state index >= 15 is 0 Å². The van der Waals surface area contributed by atoms with E-state index in [0.29, 0.717) is 0 Å². The van der Waals surface area contributed by atoms with Gasteiger partial charge >= 0.3 is 5.97 Å². The maximum absolute atomic E-state index is 11.8. The van der Waals surface area contributed by atoms with Crippen LogP contribution in [0.3, 0.4) is 0 Å². The summed E-state index contributed by atoms with van der Waals surface area (Å²) < 4.78 is 6.89. The Hall–Kier alpha value is -1.43. The maximum Gasteiger partial charge on any atom is 0.376 e. The van der Waals surface area contributed by atoms with Gasteiger partial charge in [0.05, 0.1) is 6.04 Å². The standard InChI is InChI=1S/C10H16N4O2/c1-10(2,3)16-9(15)8-12-6-13-14(8)7-4-11-5-7/h6-7,11H,4-5H2,1-3H3. The van der Waals surface area contributed by atoms with Gasteiger partial charge in [-0.3, -0.25) is 0 Å². The number of aromatic nitrogens is 3. The number of hydrogen-bond donors (Lipinski definition) is 1. The minimum Gasteiger partial charge on any atom is -0.454 e. The highest BCUT2D eigenvalue weighted by Crippen LogP contribution is 2.15. The second-order valence-corrected chi connectivity index (χ2v) is 4.84. The first kappa shape index (κ1) is 11.1. The van der Waals surface area contributed by atoms with Gasteiger partial charge in [-0.2, -0.15) is 5.10 Å². The van der Waals surface area contributed by atoms with E-state index in [4.69, 9.17) is 4.74 Å². The third-order valence-electron chi connectivity index (χ3n) is 2.26. The number of hydrogen-bond acceptors (Lipinski definition) is 5. The number of nitrogens with one attached hydrogen (secondary N) is 1. The first-order valence-corrected chi connectivity index (χ1v) is 5.31. The van der Waals surface area contributed by atoms with Crippen molar-refractivity contribution in [3.63, 3.8) is 0 Å². The summed E-state index contributed by atoms with van der Waals surface area (Å²) in [7, 11) is 0. The Balaban J connectivity index is 2.14. The highest BCUT2D eigenvalue weighted by molar-refractivity contribution is 5.85. The molecule has 0 saturated carbocycles. The van der Waals surface area contributed by atoms with Crippen LogP contribution in [0, 0.1) is 0 Å². The SMILES string of the molecule is CC(C)(C)OC(=O)c1ncnn1C1CNC1. The number of rotatable bonds is 2. The third-order valence-corrected chi connectivity index (χ3v) is 2.26. The summed E-state index contributed by atoms with van der Waals surface area (Å²) in [5, 5.41) is 7.18. The molecular weight excluding hydrogens is 208 g/mol. The Labute approximate surface area is 94.0 Å². The molecule has 0 unspecified atom stereocenters. The monoisotopic (exact) mass is 224 g/mol. The van der Waals surface area contributed by atoms with Gasteiger partial charge in [0.2, 0.25) is 5.82 Å². The van der Waals surface area contributed by atoms with Crippen molar-refractivity contribution in [3.8, 4) is 0 Å². The van der Waals surface area contributed by atoms with E-state index in [1.54, 1.807) is 4.68 Å². The molecule has 1 aromatic heterocycles. The van der Waals surface area contributed by atoms with Crippen molar-refractivity contribution in [1.29, 1.82) is 0 Å². The molecule has 2 heterocycles. The van der Waals surface area contributed by atoms with Crippen LogP contribution in [-0.2, 0) is 4.74 Å². The van der Waals surface area contributed by atoms with Gasteiger partial charge in [-0.15, -0.1) is 0 Å². The zero-order valence-electron chi connectivity index (χ0n) is 9.73. The fourth-order valence-electron chi connectivity index (χ4n) is 1.43. The molecule has 1 aliphatic rings. The molecule has 6 heteroatoms. The third kappa shape index (κ3) is 2.21. The molecule has 6 nitrogen and oxygen atoms in total. The number of esters is 1. The lowest BCUT2D eigenvalue weighted by atomic mass is 10.2. The van der Waals surface area contributed by atoms with Gasteiger partial charge < -0.3 is 10.1 Å². The lowest BCUT2D eigenvalue weighted by Crippen LogP contribution is -2.45. The van der Waals surface area contributed by atoms with Crippen molar-refractivity contribution >= 4 is 5.97 Å². The van der Waals surface area contributed by atoms with Crippen LogP contribution < -0.4 is 5.32 Å². The summed E-state index contributed by atoms with van der Waals surface area (Å²) >= 11 is 0. The van der Waals surface area contributed by atoms with Crippen LogP contribution in [0.15, 0.2) is 6.33 Å². The molecular formula is C10H16N4O2. The molecule has 0 aromatic carbocycles. The van der Waals surface area contributed by atoms with Crippen molar-refractivity contribution in [3.05, 3.63) is 12.2 Å². The minimum atomic E-state index is -0.508. The first-order valence-electron chi connectivity index (χ1n) is 5.31. The Morgan fingerprint density at radius 1 is 1.56 bits per heavy atom. The van der Waals surface area contributed by atoms with Crippen molar-refractivity contribution in [2.75, 3.05) is 13.1 Å². The average molecular weight is 224 g/mol. The molecule has 1 N–H and O–H groups in total. The molecule has 88 valence electrons. The van der Waals surface area contributed by atoms with Gasteiger partial charge in [0, 0.05) is 13.1 Å². The quantitative estimate of drug-likeness (QED) is 0.735. The Kier molecular flexibility index (Phi) is 2.67. The average Bonchev–Trinajstić information content (AvgIpc) is 2.45.